The highest BCUT2D eigenvalue weighted by Gasteiger charge is 2.19. The molecule has 0 heterocycles. The van der Waals surface area contributed by atoms with Gasteiger partial charge < -0.3 is 11.5 Å². The summed E-state index contributed by atoms with van der Waals surface area (Å²) in [6, 6.07) is 0.341. The van der Waals surface area contributed by atoms with E-state index in [0.717, 1.165) is 25.3 Å². The van der Waals surface area contributed by atoms with Crippen molar-refractivity contribution < 1.29 is 0 Å². The van der Waals surface area contributed by atoms with E-state index in [2.05, 4.69) is 20.8 Å². The smallest absolute Gasteiger partial charge is 0.00676 e. The van der Waals surface area contributed by atoms with Gasteiger partial charge in [-0.25, -0.2) is 0 Å². The van der Waals surface area contributed by atoms with Crippen molar-refractivity contribution in [2.45, 2.75) is 52.5 Å². The van der Waals surface area contributed by atoms with E-state index in [1.54, 1.807) is 0 Å². The first-order valence-electron chi connectivity index (χ1n) is 5.62. The molecule has 0 saturated heterocycles. The van der Waals surface area contributed by atoms with Crippen molar-refractivity contribution >= 4 is 0 Å². The molecule has 0 spiro atoms. The lowest BCUT2D eigenvalue weighted by molar-refractivity contribution is 0.276. The third kappa shape index (κ3) is 4.63. The lowest BCUT2D eigenvalue weighted by Gasteiger charge is -2.27. The van der Waals surface area contributed by atoms with Crippen LogP contribution in [0.5, 0.6) is 0 Å². The zero-order valence-corrected chi connectivity index (χ0v) is 9.42. The van der Waals surface area contributed by atoms with E-state index in [1.807, 2.05) is 0 Å². The molecule has 0 fully saturated rings. The van der Waals surface area contributed by atoms with Crippen LogP contribution in [0.4, 0.5) is 0 Å². The van der Waals surface area contributed by atoms with Gasteiger partial charge in [-0.1, -0.05) is 33.6 Å². The highest BCUT2D eigenvalue weighted by Crippen LogP contribution is 2.23. The van der Waals surface area contributed by atoms with Gasteiger partial charge in [0.2, 0.25) is 0 Å². The topological polar surface area (TPSA) is 52.0 Å². The fraction of sp³-hybridized carbons (Fsp3) is 1.00. The van der Waals surface area contributed by atoms with Gasteiger partial charge in [-0.05, 0) is 31.2 Å². The summed E-state index contributed by atoms with van der Waals surface area (Å²) in [6.45, 7) is 7.54. The van der Waals surface area contributed by atoms with Gasteiger partial charge in [0.25, 0.3) is 0 Å². The van der Waals surface area contributed by atoms with E-state index in [-0.39, 0.29) is 0 Å². The van der Waals surface area contributed by atoms with Crippen LogP contribution in [0, 0.1) is 11.8 Å². The highest BCUT2D eigenvalue weighted by molar-refractivity contribution is 4.75. The van der Waals surface area contributed by atoms with E-state index in [9.17, 15) is 0 Å². The molecule has 4 N–H and O–H groups in total. The minimum atomic E-state index is 0.341. The predicted molar refractivity (Wildman–Crippen MR) is 59.5 cm³/mol. The molecule has 0 radical (unpaired) electrons. The first-order valence-corrected chi connectivity index (χ1v) is 5.62. The lowest BCUT2D eigenvalue weighted by Crippen LogP contribution is -2.33. The summed E-state index contributed by atoms with van der Waals surface area (Å²) < 4.78 is 0. The zero-order chi connectivity index (χ0) is 10.3. The summed E-state index contributed by atoms with van der Waals surface area (Å²) >= 11 is 0. The minimum absolute atomic E-state index is 0.341. The van der Waals surface area contributed by atoms with Gasteiger partial charge in [-0.2, -0.15) is 0 Å². The molecule has 0 aliphatic heterocycles. The van der Waals surface area contributed by atoms with E-state index in [4.69, 9.17) is 11.5 Å². The quantitative estimate of drug-likeness (QED) is 0.640. The first kappa shape index (κ1) is 12.9. The predicted octanol–water partition coefficient (Wildman–Crippen LogP) is 2.12. The van der Waals surface area contributed by atoms with Crippen LogP contribution in [0.25, 0.3) is 0 Å². The summed E-state index contributed by atoms with van der Waals surface area (Å²) in [5.74, 6) is 1.43. The van der Waals surface area contributed by atoms with Gasteiger partial charge in [0, 0.05) is 6.04 Å². The van der Waals surface area contributed by atoms with Gasteiger partial charge in [-0.3, -0.25) is 0 Å². The molecular formula is C11H26N2. The van der Waals surface area contributed by atoms with Gasteiger partial charge >= 0.3 is 0 Å². The van der Waals surface area contributed by atoms with Crippen LogP contribution in [0.3, 0.4) is 0 Å². The Morgan fingerprint density at radius 1 is 1.15 bits per heavy atom. The maximum Gasteiger partial charge on any atom is 0.00676 e. The summed E-state index contributed by atoms with van der Waals surface area (Å²) in [5, 5.41) is 0. The van der Waals surface area contributed by atoms with Crippen molar-refractivity contribution in [3.8, 4) is 0 Å². The second kappa shape index (κ2) is 7.34. The van der Waals surface area contributed by atoms with Crippen LogP contribution < -0.4 is 11.5 Å². The van der Waals surface area contributed by atoms with Crippen LogP contribution in [-0.2, 0) is 0 Å². The Labute approximate surface area is 83.1 Å². The number of rotatable bonds is 7. The molecule has 0 bridgehead atoms. The van der Waals surface area contributed by atoms with Gasteiger partial charge in [-0.15, -0.1) is 0 Å². The van der Waals surface area contributed by atoms with Crippen LogP contribution in [0.15, 0.2) is 0 Å². The van der Waals surface area contributed by atoms with Crippen molar-refractivity contribution in [1.82, 2.24) is 0 Å². The van der Waals surface area contributed by atoms with Crippen molar-refractivity contribution in [3.63, 3.8) is 0 Å². The fourth-order valence-corrected chi connectivity index (χ4v) is 2.00. The number of nitrogens with two attached hydrogens (primary N) is 2. The Balaban J connectivity index is 3.83. The summed E-state index contributed by atoms with van der Waals surface area (Å²) in [6.07, 6.45) is 4.63. The molecule has 2 nitrogen and oxygen atoms in total. The Morgan fingerprint density at radius 2 is 1.69 bits per heavy atom. The second-order valence-corrected chi connectivity index (χ2v) is 4.03. The molecule has 13 heavy (non-hydrogen) atoms. The summed E-state index contributed by atoms with van der Waals surface area (Å²) in [7, 11) is 0. The fourth-order valence-electron chi connectivity index (χ4n) is 2.00. The second-order valence-electron chi connectivity index (χ2n) is 4.03. The maximum absolute atomic E-state index is 6.10. The standard InChI is InChI=1S/C11H26N2/c1-4-10(5-2)9(3)11(13)7-6-8-12/h9-11H,4-8,12-13H2,1-3H3. The Morgan fingerprint density at radius 3 is 2.08 bits per heavy atom. The normalized spacial score (nSPS) is 16.2. The molecule has 0 aromatic heterocycles. The average molecular weight is 186 g/mol. The molecule has 0 aliphatic carbocycles. The molecule has 0 aliphatic rings. The molecule has 0 saturated carbocycles. The van der Waals surface area contributed by atoms with E-state index in [0.29, 0.717) is 12.0 Å². The van der Waals surface area contributed by atoms with E-state index >= 15 is 0 Å². The monoisotopic (exact) mass is 186 g/mol. The zero-order valence-electron chi connectivity index (χ0n) is 9.42. The van der Waals surface area contributed by atoms with Crippen LogP contribution in [0.2, 0.25) is 0 Å². The average Bonchev–Trinajstić information content (AvgIpc) is 2.15. The van der Waals surface area contributed by atoms with Crippen LogP contribution in [-0.4, -0.2) is 12.6 Å². The molecule has 0 amide bonds. The molecule has 2 heteroatoms. The molecule has 0 aromatic rings. The molecule has 2 atom stereocenters. The van der Waals surface area contributed by atoms with Crippen molar-refractivity contribution in [2.75, 3.05) is 6.54 Å². The largest absolute Gasteiger partial charge is 0.330 e. The van der Waals surface area contributed by atoms with Crippen molar-refractivity contribution in [1.29, 1.82) is 0 Å². The molecule has 0 aromatic carbocycles. The van der Waals surface area contributed by atoms with Crippen molar-refractivity contribution in [2.24, 2.45) is 23.3 Å². The third-order valence-corrected chi connectivity index (χ3v) is 3.21. The van der Waals surface area contributed by atoms with Gasteiger partial charge in [0.1, 0.15) is 0 Å². The van der Waals surface area contributed by atoms with E-state index < -0.39 is 0 Å². The Bertz CT molecular complexity index is 111. The van der Waals surface area contributed by atoms with Crippen LogP contribution in [0.1, 0.15) is 46.5 Å². The molecular weight excluding hydrogens is 160 g/mol. The Hall–Kier alpha value is -0.0800. The molecule has 0 rings (SSSR count). The summed E-state index contributed by atoms with van der Waals surface area (Å²) in [4.78, 5) is 0. The Kier molecular flexibility index (Phi) is 7.29. The number of hydrogen-bond acceptors (Lipinski definition) is 2. The maximum atomic E-state index is 6.10. The van der Waals surface area contributed by atoms with Crippen molar-refractivity contribution in [3.05, 3.63) is 0 Å². The van der Waals surface area contributed by atoms with E-state index in [1.165, 1.54) is 12.8 Å². The third-order valence-electron chi connectivity index (χ3n) is 3.21. The lowest BCUT2D eigenvalue weighted by atomic mass is 9.83. The van der Waals surface area contributed by atoms with Gasteiger partial charge in [0.15, 0.2) is 0 Å². The minimum Gasteiger partial charge on any atom is -0.330 e. The summed E-state index contributed by atoms with van der Waals surface area (Å²) in [5.41, 5.74) is 11.6. The highest BCUT2D eigenvalue weighted by atomic mass is 14.7. The molecule has 2 unspecified atom stereocenters. The number of hydrogen-bond donors (Lipinski definition) is 2. The SMILES string of the molecule is CCC(CC)C(C)C(N)CCCN. The van der Waals surface area contributed by atoms with Gasteiger partial charge in [0.05, 0.1) is 0 Å². The van der Waals surface area contributed by atoms with Crippen LogP contribution >= 0.6 is 0 Å². The molecule has 80 valence electrons. The first-order chi connectivity index (χ1) is 6.17.